The number of carbonyl (C=O) groups is 3. The number of amides is 3. The SMILES string of the molecule is C=CCN(C)C(=O)[C@H]1[C@@H]2OC3(CC2Br)C(C(=O)N(CC=C)C2CCCCC2)N([C@@H](CO)[C@@H](C)CC)C(=O)[C@H]13. The third-order valence-corrected chi connectivity index (χ3v) is 10.3. The first kappa shape index (κ1) is 29.3. The zero-order valence-corrected chi connectivity index (χ0v) is 24.6. The van der Waals surface area contributed by atoms with Gasteiger partial charge in [-0.15, -0.1) is 13.2 Å². The highest BCUT2D eigenvalue weighted by Gasteiger charge is 2.77. The van der Waals surface area contributed by atoms with Gasteiger partial charge in [-0.05, 0) is 25.2 Å². The summed E-state index contributed by atoms with van der Waals surface area (Å²) < 4.78 is 6.68. The summed E-state index contributed by atoms with van der Waals surface area (Å²) in [5.41, 5.74) is -1.13. The van der Waals surface area contributed by atoms with Crippen LogP contribution < -0.4 is 0 Å². The third-order valence-electron chi connectivity index (χ3n) is 9.49. The molecule has 8 atom stereocenters. The number of likely N-dealkylation sites (tertiary alicyclic amines) is 1. The van der Waals surface area contributed by atoms with Crippen LogP contribution in [0.4, 0.5) is 0 Å². The summed E-state index contributed by atoms with van der Waals surface area (Å²) in [5, 5.41) is 10.5. The first-order valence-electron chi connectivity index (χ1n) is 14.2. The average Bonchev–Trinajstić information content (AvgIpc) is 3.51. The van der Waals surface area contributed by atoms with Crippen molar-refractivity contribution in [2.24, 2.45) is 17.8 Å². The fourth-order valence-corrected chi connectivity index (χ4v) is 8.39. The molecular formula is C29H44BrN3O5. The average molecular weight is 595 g/mol. The fraction of sp³-hybridized carbons (Fsp3) is 0.759. The molecule has 4 rings (SSSR count). The van der Waals surface area contributed by atoms with Gasteiger partial charge in [0, 0.05) is 31.0 Å². The maximum absolute atomic E-state index is 14.7. The molecule has 4 aliphatic rings. The van der Waals surface area contributed by atoms with Gasteiger partial charge in [0.15, 0.2) is 0 Å². The number of aliphatic hydroxyl groups is 1. The second kappa shape index (κ2) is 11.8. The molecule has 1 spiro atoms. The quantitative estimate of drug-likeness (QED) is 0.293. The molecule has 1 saturated carbocycles. The minimum atomic E-state index is -1.13. The van der Waals surface area contributed by atoms with E-state index in [4.69, 9.17) is 4.74 Å². The number of ether oxygens (including phenoxy) is 1. The summed E-state index contributed by atoms with van der Waals surface area (Å²) in [6.45, 7) is 12.2. The molecule has 0 aromatic rings. The Labute approximate surface area is 235 Å². The van der Waals surface area contributed by atoms with Crippen LogP contribution in [0.1, 0.15) is 58.8 Å². The van der Waals surface area contributed by atoms with Crippen molar-refractivity contribution in [2.75, 3.05) is 26.7 Å². The van der Waals surface area contributed by atoms with Crippen molar-refractivity contribution < 1.29 is 24.2 Å². The number of fused-ring (bicyclic) bond motifs is 1. The molecule has 1 aliphatic carbocycles. The summed E-state index contributed by atoms with van der Waals surface area (Å²) >= 11 is 3.74. The van der Waals surface area contributed by atoms with E-state index in [-0.39, 0.29) is 41.1 Å². The van der Waals surface area contributed by atoms with Gasteiger partial charge in [-0.3, -0.25) is 14.4 Å². The lowest BCUT2D eigenvalue weighted by molar-refractivity contribution is -0.154. The molecule has 0 aromatic heterocycles. The summed E-state index contributed by atoms with van der Waals surface area (Å²) in [5.74, 6) is -2.09. The van der Waals surface area contributed by atoms with Crippen molar-refractivity contribution in [1.82, 2.24) is 14.7 Å². The van der Waals surface area contributed by atoms with Gasteiger partial charge in [0.25, 0.3) is 0 Å². The standard InChI is InChI=1S/C29H44BrN3O5/c1-6-14-31(5)26(35)22-23-27(36)33(21(17-34)18(4)8-3)25(29(23)16-20(30)24(22)38-29)28(37)32(15-7-2)19-12-10-9-11-13-19/h6-7,18-25,34H,1-2,8-17H2,3-5H3/t18-,20?,21-,22+,23-,24+,25?,29?/m0/s1. The van der Waals surface area contributed by atoms with E-state index in [9.17, 15) is 19.5 Å². The van der Waals surface area contributed by atoms with E-state index in [0.29, 0.717) is 19.5 Å². The van der Waals surface area contributed by atoms with Gasteiger partial charge in [-0.2, -0.15) is 0 Å². The summed E-state index contributed by atoms with van der Waals surface area (Å²) in [4.78, 5) is 47.7. The number of likely N-dealkylation sites (N-methyl/N-ethyl adjacent to an activating group) is 1. The van der Waals surface area contributed by atoms with Crippen LogP contribution in [-0.2, 0) is 19.1 Å². The molecule has 0 radical (unpaired) electrons. The molecule has 9 heteroatoms. The first-order chi connectivity index (χ1) is 18.2. The second-order valence-electron chi connectivity index (χ2n) is 11.6. The van der Waals surface area contributed by atoms with Gasteiger partial charge in [0.1, 0.15) is 11.6 Å². The first-order valence-corrected chi connectivity index (χ1v) is 15.1. The number of halogens is 1. The predicted octanol–water partition coefficient (Wildman–Crippen LogP) is 3.13. The van der Waals surface area contributed by atoms with Crippen LogP contribution in [0.3, 0.4) is 0 Å². The van der Waals surface area contributed by atoms with Crippen molar-refractivity contribution in [2.45, 2.75) is 93.5 Å². The Bertz CT molecular complexity index is 939. The molecule has 3 unspecified atom stereocenters. The zero-order valence-electron chi connectivity index (χ0n) is 23.1. The lowest BCUT2D eigenvalue weighted by Gasteiger charge is -2.43. The smallest absolute Gasteiger partial charge is 0.248 e. The molecule has 4 fully saturated rings. The predicted molar refractivity (Wildman–Crippen MR) is 149 cm³/mol. The van der Waals surface area contributed by atoms with E-state index in [1.54, 1.807) is 29.0 Å². The molecule has 1 N–H and O–H groups in total. The fourth-order valence-electron chi connectivity index (χ4n) is 7.45. The molecule has 3 heterocycles. The van der Waals surface area contributed by atoms with Crippen LogP contribution in [0.2, 0.25) is 0 Å². The summed E-state index contributed by atoms with van der Waals surface area (Å²) in [7, 11) is 1.70. The molecule has 3 aliphatic heterocycles. The molecule has 2 bridgehead atoms. The third kappa shape index (κ3) is 4.66. The summed E-state index contributed by atoms with van der Waals surface area (Å²) in [6, 6.07) is -1.37. The number of hydrogen-bond acceptors (Lipinski definition) is 5. The van der Waals surface area contributed by atoms with Crippen LogP contribution >= 0.6 is 15.9 Å². The zero-order chi connectivity index (χ0) is 27.8. The molecule has 0 aromatic carbocycles. The van der Waals surface area contributed by atoms with Gasteiger partial charge in [-0.25, -0.2) is 0 Å². The largest absolute Gasteiger partial charge is 0.394 e. The second-order valence-corrected chi connectivity index (χ2v) is 12.8. The highest BCUT2D eigenvalue weighted by molar-refractivity contribution is 9.09. The van der Waals surface area contributed by atoms with E-state index in [2.05, 4.69) is 29.1 Å². The number of nitrogens with zero attached hydrogens (tertiary/aromatic N) is 3. The topological polar surface area (TPSA) is 90.4 Å². The van der Waals surface area contributed by atoms with Gasteiger partial charge in [0.05, 0.1) is 30.6 Å². The van der Waals surface area contributed by atoms with Crippen molar-refractivity contribution in [3.63, 3.8) is 0 Å². The highest BCUT2D eigenvalue weighted by Crippen LogP contribution is 2.61. The molecule has 8 nitrogen and oxygen atoms in total. The van der Waals surface area contributed by atoms with E-state index in [0.717, 1.165) is 38.5 Å². The number of aliphatic hydroxyl groups excluding tert-OH is 1. The highest BCUT2D eigenvalue weighted by atomic mass is 79.9. The monoisotopic (exact) mass is 593 g/mol. The van der Waals surface area contributed by atoms with Gasteiger partial charge >= 0.3 is 0 Å². The van der Waals surface area contributed by atoms with Gasteiger partial charge < -0.3 is 24.5 Å². The van der Waals surface area contributed by atoms with Crippen molar-refractivity contribution in [3.05, 3.63) is 25.3 Å². The van der Waals surface area contributed by atoms with E-state index < -0.39 is 35.6 Å². The van der Waals surface area contributed by atoms with Crippen LogP contribution in [0.5, 0.6) is 0 Å². The van der Waals surface area contributed by atoms with Crippen molar-refractivity contribution in [1.29, 1.82) is 0 Å². The van der Waals surface area contributed by atoms with Gasteiger partial charge in [0.2, 0.25) is 17.7 Å². The van der Waals surface area contributed by atoms with Crippen LogP contribution in [0.25, 0.3) is 0 Å². The molecule has 212 valence electrons. The van der Waals surface area contributed by atoms with Crippen molar-refractivity contribution >= 4 is 33.7 Å². The minimum Gasteiger partial charge on any atom is -0.394 e. The maximum Gasteiger partial charge on any atom is 0.248 e. The Balaban J connectivity index is 1.82. The van der Waals surface area contributed by atoms with Crippen LogP contribution in [0, 0.1) is 17.8 Å². The number of alkyl halides is 1. The van der Waals surface area contributed by atoms with E-state index in [1.807, 2.05) is 18.7 Å². The number of rotatable bonds is 11. The number of carbonyl (C=O) groups excluding carboxylic acids is 3. The molecule has 38 heavy (non-hydrogen) atoms. The Hall–Kier alpha value is -1.71. The molecule has 3 saturated heterocycles. The Morgan fingerprint density at radius 2 is 1.87 bits per heavy atom. The maximum atomic E-state index is 14.7. The lowest BCUT2D eigenvalue weighted by Crippen LogP contribution is -2.61. The minimum absolute atomic E-state index is 0.0356. The Morgan fingerprint density at radius 1 is 1.21 bits per heavy atom. The van der Waals surface area contributed by atoms with Crippen LogP contribution in [-0.4, -0.2) is 98.9 Å². The van der Waals surface area contributed by atoms with Crippen LogP contribution in [0.15, 0.2) is 25.3 Å². The normalized spacial score (nSPS) is 34.1. The Kier molecular flexibility index (Phi) is 9.09. The lowest BCUT2D eigenvalue weighted by atomic mass is 9.70. The number of hydrogen-bond donors (Lipinski definition) is 1. The van der Waals surface area contributed by atoms with E-state index >= 15 is 0 Å². The Morgan fingerprint density at radius 3 is 2.45 bits per heavy atom. The summed E-state index contributed by atoms with van der Waals surface area (Å²) in [6.07, 6.45) is 9.23. The molecular weight excluding hydrogens is 550 g/mol. The van der Waals surface area contributed by atoms with E-state index in [1.165, 1.54) is 0 Å². The molecule has 3 amide bonds. The van der Waals surface area contributed by atoms with Gasteiger partial charge in [-0.1, -0.05) is 67.6 Å². The van der Waals surface area contributed by atoms with Crippen molar-refractivity contribution in [3.8, 4) is 0 Å².